The zero-order valence-electron chi connectivity index (χ0n) is 11.2. The minimum Gasteiger partial charge on any atom is -0.451 e. The monoisotopic (exact) mass is 305 g/mol. The van der Waals surface area contributed by atoms with Crippen molar-refractivity contribution in [2.75, 3.05) is 11.9 Å². The number of hydrogen-bond donors (Lipinski definition) is 1. The summed E-state index contributed by atoms with van der Waals surface area (Å²) in [7, 11) is 0. The summed E-state index contributed by atoms with van der Waals surface area (Å²) in [4.78, 5) is 30.8. The molecule has 1 heterocycles. The third-order valence-corrected chi connectivity index (χ3v) is 2.80. The lowest BCUT2D eigenvalue weighted by atomic mass is 10.2. The highest BCUT2D eigenvalue weighted by Crippen LogP contribution is 2.19. The van der Waals surface area contributed by atoms with Gasteiger partial charge in [0.15, 0.2) is 12.3 Å². The van der Waals surface area contributed by atoms with Crippen molar-refractivity contribution >= 4 is 29.2 Å². The van der Waals surface area contributed by atoms with E-state index in [0.717, 1.165) is 5.56 Å². The van der Waals surface area contributed by atoms with Crippen molar-refractivity contribution in [3.63, 3.8) is 0 Å². The number of ether oxygens (including phenoxy) is 1. The Kier molecular flexibility index (Phi) is 4.84. The Labute approximate surface area is 126 Å². The average Bonchev–Trinajstić information content (AvgIpc) is 2.48. The standard InChI is InChI=1S/C14H12ClN3O3/c1-9-6-10(15)2-3-11(9)18-13(19)8-21-14(20)12-7-16-4-5-17-12/h2-7H,8H2,1H3,(H,18,19). The summed E-state index contributed by atoms with van der Waals surface area (Å²) in [6.45, 7) is 1.41. The highest BCUT2D eigenvalue weighted by Gasteiger charge is 2.12. The van der Waals surface area contributed by atoms with Crippen LogP contribution in [-0.2, 0) is 9.53 Å². The summed E-state index contributed by atoms with van der Waals surface area (Å²) in [6, 6.07) is 5.07. The van der Waals surface area contributed by atoms with Crippen LogP contribution in [-0.4, -0.2) is 28.5 Å². The van der Waals surface area contributed by atoms with Crippen molar-refractivity contribution in [3.8, 4) is 0 Å². The molecule has 0 fully saturated rings. The first-order chi connectivity index (χ1) is 10.1. The summed E-state index contributed by atoms with van der Waals surface area (Å²) in [5, 5.41) is 3.22. The van der Waals surface area contributed by atoms with Gasteiger partial charge in [-0.2, -0.15) is 0 Å². The minimum absolute atomic E-state index is 0.0490. The van der Waals surface area contributed by atoms with E-state index in [1.165, 1.54) is 18.6 Å². The number of amides is 1. The van der Waals surface area contributed by atoms with E-state index in [1.54, 1.807) is 18.2 Å². The van der Waals surface area contributed by atoms with Crippen LogP contribution in [0.3, 0.4) is 0 Å². The van der Waals surface area contributed by atoms with E-state index in [1.807, 2.05) is 6.92 Å². The first kappa shape index (κ1) is 14.9. The van der Waals surface area contributed by atoms with Gasteiger partial charge in [0.05, 0.1) is 6.20 Å². The molecule has 0 unspecified atom stereocenters. The van der Waals surface area contributed by atoms with Gasteiger partial charge in [0, 0.05) is 23.1 Å². The predicted molar refractivity (Wildman–Crippen MR) is 77.1 cm³/mol. The number of nitrogens with zero attached hydrogens (tertiary/aromatic N) is 2. The molecule has 0 aliphatic carbocycles. The molecule has 1 aromatic carbocycles. The van der Waals surface area contributed by atoms with Gasteiger partial charge in [-0.05, 0) is 30.7 Å². The third kappa shape index (κ3) is 4.25. The smallest absolute Gasteiger partial charge is 0.359 e. The van der Waals surface area contributed by atoms with Crippen molar-refractivity contribution < 1.29 is 14.3 Å². The molecule has 0 radical (unpaired) electrons. The van der Waals surface area contributed by atoms with Gasteiger partial charge in [0.1, 0.15) is 0 Å². The van der Waals surface area contributed by atoms with Gasteiger partial charge in [-0.15, -0.1) is 0 Å². The maximum absolute atomic E-state index is 11.7. The number of halogens is 1. The molecule has 2 aromatic rings. The van der Waals surface area contributed by atoms with Gasteiger partial charge in [-0.25, -0.2) is 9.78 Å². The molecule has 21 heavy (non-hydrogen) atoms. The number of carbonyl (C=O) groups is 2. The van der Waals surface area contributed by atoms with E-state index in [2.05, 4.69) is 15.3 Å². The van der Waals surface area contributed by atoms with Crippen molar-refractivity contribution in [2.24, 2.45) is 0 Å². The maximum atomic E-state index is 11.7. The van der Waals surface area contributed by atoms with Crippen molar-refractivity contribution in [2.45, 2.75) is 6.92 Å². The Balaban J connectivity index is 1.89. The summed E-state index contributed by atoms with van der Waals surface area (Å²) in [5.41, 5.74) is 1.48. The molecule has 2 rings (SSSR count). The summed E-state index contributed by atoms with van der Waals surface area (Å²) < 4.78 is 4.85. The Morgan fingerprint density at radius 2 is 2.14 bits per heavy atom. The second-order valence-corrected chi connectivity index (χ2v) is 4.61. The van der Waals surface area contributed by atoms with E-state index in [0.29, 0.717) is 10.7 Å². The van der Waals surface area contributed by atoms with Gasteiger partial charge in [-0.1, -0.05) is 11.6 Å². The normalized spacial score (nSPS) is 10.0. The topological polar surface area (TPSA) is 81.2 Å². The lowest BCUT2D eigenvalue weighted by molar-refractivity contribution is -0.119. The lowest BCUT2D eigenvalue weighted by Crippen LogP contribution is -2.21. The largest absolute Gasteiger partial charge is 0.451 e. The van der Waals surface area contributed by atoms with Crippen LogP contribution >= 0.6 is 11.6 Å². The Hall–Kier alpha value is -2.47. The van der Waals surface area contributed by atoms with E-state index in [-0.39, 0.29) is 5.69 Å². The fourth-order valence-electron chi connectivity index (χ4n) is 1.56. The molecule has 0 spiro atoms. The molecule has 1 amide bonds. The van der Waals surface area contributed by atoms with Crippen molar-refractivity contribution in [3.05, 3.63) is 53.1 Å². The molecule has 108 valence electrons. The zero-order valence-corrected chi connectivity index (χ0v) is 11.9. The Morgan fingerprint density at radius 1 is 1.33 bits per heavy atom. The Morgan fingerprint density at radius 3 is 2.81 bits per heavy atom. The highest BCUT2D eigenvalue weighted by atomic mass is 35.5. The van der Waals surface area contributed by atoms with Crippen molar-refractivity contribution in [1.82, 2.24) is 9.97 Å². The molecule has 0 bridgehead atoms. The average molecular weight is 306 g/mol. The second kappa shape index (κ2) is 6.81. The fourth-order valence-corrected chi connectivity index (χ4v) is 1.79. The maximum Gasteiger partial charge on any atom is 0.359 e. The van der Waals surface area contributed by atoms with Gasteiger partial charge in [0.25, 0.3) is 5.91 Å². The minimum atomic E-state index is -0.703. The van der Waals surface area contributed by atoms with Crippen LogP contribution in [0.4, 0.5) is 5.69 Å². The molecule has 1 N–H and O–H groups in total. The van der Waals surface area contributed by atoms with Gasteiger partial charge >= 0.3 is 5.97 Å². The molecule has 0 saturated heterocycles. The van der Waals surface area contributed by atoms with E-state index in [4.69, 9.17) is 16.3 Å². The number of carbonyl (C=O) groups excluding carboxylic acids is 2. The van der Waals surface area contributed by atoms with Crippen molar-refractivity contribution in [1.29, 1.82) is 0 Å². The molecule has 0 saturated carbocycles. The van der Waals surface area contributed by atoms with Gasteiger partial charge in [0.2, 0.25) is 0 Å². The molecule has 7 heteroatoms. The molecule has 0 atom stereocenters. The number of rotatable bonds is 4. The summed E-state index contributed by atoms with van der Waals surface area (Å²) in [5.74, 6) is -1.15. The molecular weight excluding hydrogens is 294 g/mol. The second-order valence-electron chi connectivity index (χ2n) is 4.17. The summed E-state index contributed by atoms with van der Waals surface area (Å²) >= 11 is 5.83. The van der Waals surface area contributed by atoms with Crippen LogP contribution in [0.2, 0.25) is 5.02 Å². The molecule has 1 aromatic heterocycles. The fraction of sp³-hybridized carbons (Fsp3) is 0.143. The lowest BCUT2D eigenvalue weighted by Gasteiger charge is -2.09. The Bertz CT molecular complexity index is 662. The van der Waals surface area contributed by atoms with Crippen LogP contribution in [0.15, 0.2) is 36.8 Å². The quantitative estimate of drug-likeness (QED) is 0.876. The highest BCUT2D eigenvalue weighted by molar-refractivity contribution is 6.30. The third-order valence-electron chi connectivity index (χ3n) is 2.57. The molecule has 0 aliphatic rings. The number of nitrogens with one attached hydrogen (secondary N) is 1. The zero-order chi connectivity index (χ0) is 15.2. The van der Waals surface area contributed by atoms with E-state index >= 15 is 0 Å². The number of aromatic nitrogens is 2. The predicted octanol–water partition coefficient (Wildman–Crippen LogP) is 2.23. The molecular formula is C14H12ClN3O3. The van der Waals surface area contributed by atoms with Crippen LogP contribution in [0.1, 0.15) is 16.1 Å². The number of aryl methyl sites for hydroxylation is 1. The van der Waals surface area contributed by atoms with E-state index in [9.17, 15) is 9.59 Å². The number of anilines is 1. The number of hydrogen-bond acceptors (Lipinski definition) is 5. The van der Waals surface area contributed by atoms with Crippen LogP contribution in [0, 0.1) is 6.92 Å². The van der Waals surface area contributed by atoms with Gasteiger partial charge in [-0.3, -0.25) is 9.78 Å². The number of esters is 1. The van der Waals surface area contributed by atoms with E-state index < -0.39 is 18.5 Å². The first-order valence-electron chi connectivity index (χ1n) is 6.05. The first-order valence-corrected chi connectivity index (χ1v) is 6.43. The number of benzene rings is 1. The molecule has 0 aliphatic heterocycles. The van der Waals surface area contributed by atoms with Crippen LogP contribution < -0.4 is 5.32 Å². The SMILES string of the molecule is Cc1cc(Cl)ccc1NC(=O)COC(=O)c1cnccn1. The summed E-state index contributed by atoms with van der Waals surface area (Å²) in [6.07, 6.45) is 4.07. The molecule has 6 nitrogen and oxygen atoms in total. The van der Waals surface area contributed by atoms with Crippen LogP contribution in [0.5, 0.6) is 0 Å². The van der Waals surface area contributed by atoms with Gasteiger partial charge < -0.3 is 10.1 Å². The van der Waals surface area contributed by atoms with Crippen LogP contribution in [0.25, 0.3) is 0 Å².